The Hall–Kier alpha value is -1.33. The molecule has 5 heteroatoms. The van der Waals surface area contributed by atoms with E-state index in [2.05, 4.69) is 44.9 Å². The molecule has 1 fully saturated rings. The molecule has 0 amide bonds. The van der Waals surface area contributed by atoms with Crippen LogP contribution in [-0.4, -0.2) is 26.0 Å². The molecule has 1 aliphatic rings. The van der Waals surface area contributed by atoms with E-state index in [1.165, 1.54) is 35.2 Å². The van der Waals surface area contributed by atoms with Crippen LogP contribution in [0.15, 0.2) is 35.8 Å². The van der Waals surface area contributed by atoms with E-state index in [-0.39, 0.29) is 0 Å². The molecule has 1 unspecified atom stereocenters. The lowest BCUT2D eigenvalue weighted by Crippen LogP contribution is -2.15. The van der Waals surface area contributed by atoms with Crippen molar-refractivity contribution in [2.45, 2.75) is 19.3 Å². The molecule has 1 atom stereocenters. The van der Waals surface area contributed by atoms with Crippen LogP contribution in [0.4, 0.5) is 0 Å². The topological polar surface area (TPSA) is 30.7 Å². The first-order valence-electron chi connectivity index (χ1n) is 7.36. The van der Waals surface area contributed by atoms with Gasteiger partial charge in [-0.3, -0.25) is 4.57 Å². The highest BCUT2D eigenvalue weighted by atomic mass is 32.2. The molecule has 0 aliphatic carbocycles. The van der Waals surface area contributed by atoms with E-state index in [4.69, 9.17) is 4.98 Å². The summed E-state index contributed by atoms with van der Waals surface area (Å²) in [6.45, 7) is 0. The Morgan fingerprint density at radius 1 is 1.29 bits per heavy atom. The fourth-order valence-electron chi connectivity index (χ4n) is 2.95. The summed E-state index contributed by atoms with van der Waals surface area (Å²) in [5.41, 5.74) is 1.99. The van der Waals surface area contributed by atoms with Gasteiger partial charge in [-0.2, -0.15) is 11.8 Å². The third-order valence-electron chi connectivity index (χ3n) is 3.94. The van der Waals surface area contributed by atoms with E-state index in [0.29, 0.717) is 0 Å². The Balaban J connectivity index is 1.78. The highest BCUT2D eigenvalue weighted by Gasteiger charge is 2.20. The zero-order chi connectivity index (χ0) is 14.1. The molecule has 108 valence electrons. The molecular weight excluding hydrogens is 298 g/mol. The molecule has 1 saturated heterocycles. The monoisotopic (exact) mass is 315 g/mol. The third-order valence-corrected chi connectivity index (χ3v) is 6.08. The summed E-state index contributed by atoms with van der Waals surface area (Å²) >= 11 is 3.83. The highest BCUT2D eigenvalue weighted by Crippen LogP contribution is 2.29. The molecule has 0 bridgehead atoms. The normalized spacial score (nSPS) is 19.1. The van der Waals surface area contributed by atoms with Crippen LogP contribution < -0.4 is 0 Å². The summed E-state index contributed by atoms with van der Waals surface area (Å²) < 4.78 is 2.25. The van der Waals surface area contributed by atoms with Crippen LogP contribution in [0.1, 0.15) is 18.7 Å². The molecule has 0 spiro atoms. The van der Waals surface area contributed by atoms with E-state index in [9.17, 15) is 0 Å². The number of thioether (sulfide) groups is 1. The van der Waals surface area contributed by atoms with Crippen molar-refractivity contribution in [1.29, 1.82) is 0 Å². The maximum absolute atomic E-state index is 4.86. The van der Waals surface area contributed by atoms with E-state index in [0.717, 1.165) is 23.5 Å². The van der Waals surface area contributed by atoms with Gasteiger partial charge in [0, 0.05) is 12.6 Å². The lowest BCUT2D eigenvalue weighted by Gasteiger charge is -2.21. The third kappa shape index (κ3) is 2.60. The minimum atomic E-state index is 0.749. The second kappa shape index (κ2) is 5.81. The number of hydrogen-bond donors (Lipinski definition) is 0. The lowest BCUT2D eigenvalue weighted by atomic mass is 10.0. The molecule has 3 aromatic rings. The Morgan fingerprint density at radius 3 is 3.10 bits per heavy atom. The van der Waals surface area contributed by atoms with Crippen LogP contribution in [-0.2, 0) is 6.42 Å². The number of aromatic nitrogens is 3. The van der Waals surface area contributed by atoms with Gasteiger partial charge in [0.2, 0.25) is 0 Å². The van der Waals surface area contributed by atoms with Gasteiger partial charge in [-0.05, 0) is 59.9 Å². The van der Waals surface area contributed by atoms with Gasteiger partial charge in [0.15, 0.2) is 5.65 Å². The molecule has 0 saturated carbocycles. The molecule has 4 rings (SSSR count). The Bertz CT molecular complexity index is 727. The van der Waals surface area contributed by atoms with Gasteiger partial charge in [-0.15, -0.1) is 11.3 Å². The van der Waals surface area contributed by atoms with Crippen LogP contribution in [0, 0.1) is 5.92 Å². The maximum Gasteiger partial charge on any atom is 0.165 e. The lowest BCUT2D eigenvalue weighted by molar-refractivity contribution is 0.506. The van der Waals surface area contributed by atoms with Gasteiger partial charge < -0.3 is 0 Å². The molecule has 4 heterocycles. The molecule has 3 nitrogen and oxygen atoms in total. The van der Waals surface area contributed by atoms with Gasteiger partial charge in [0.1, 0.15) is 16.3 Å². The first-order chi connectivity index (χ1) is 10.4. The quantitative estimate of drug-likeness (QED) is 0.727. The van der Waals surface area contributed by atoms with Crippen LogP contribution in [0.5, 0.6) is 0 Å². The maximum atomic E-state index is 4.86. The summed E-state index contributed by atoms with van der Waals surface area (Å²) in [5, 5.41) is 3.33. The van der Waals surface area contributed by atoms with Crippen molar-refractivity contribution in [2.75, 3.05) is 11.5 Å². The summed E-state index contributed by atoms with van der Waals surface area (Å²) in [7, 11) is 0. The Morgan fingerprint density at radius 2 is 2.29 bits per heavy atom. The number of fused-ring (bicyclic) bond motifs is 1. The molecule has 0 aromatic carbocycles. The Labute approximate surface area is 132 Å². The van der Waals surface area contributed by atoms with Crippen molar-refractivity contribution in [1.82, 2.24) is 14.5 Å². The van der Waals surface area contributed by atoms with Crippen molar-refractivity contribution >= 4 is 34.3 Å². The van der Waals surface area contributed by atoms with Crippen LogP contribution >= 0.6 is 23.1 Å². The van der Waals surface area contributed by atoms with Gasteiger partial charge in [-0.25, -0.2) is 9.97 Å². The van der Waals surface area contributed by atoms with Crippen molar-refractivity contribution in [3.05, 3.63) is 41.7 Å². The van der Waals surface area contributed by atoms with Crippen LogP contribution in [0.2, 0.25) is 0 Å². The standard InChI is InChI=1S/C16H17N3S2/c1-5-13-16(17-7-1)19(15-6-3-9-21-15)14(18-13)10-12-4-2-8-20-11-12/h1,3,5-7,9,12H,2,4,8,10-11H2. The number of hydrogen-bond acceptors (Lipinski definition) is 4. The van der Waals surface area contributed by atoms with E-state index < -0.39 is 0 Å². The first-order valence-corrected chi connectivity index (χ1v) is 9.39. The van der Waals surface area contributed by atoms with Crippen LogP contribution in [0.3, 0.4) is 0 Å². The van der Waals surface area contributed by atoms with E-state index in [1.807, 2.05) is 12.3 Å². The average Bonchev–Trinajstić information content (AvgIpc) is 3.14. The summed E-state index contributed by atoms with van der Waals surface area (Å²) in [6, 6.07) is 8.27. The number of nitrogens with zero attached hydrogens (tertiary/aromatic N) is 3. The fourth-order valence-corrected chi connectivity index (χ4v) is 4.86. The van der Waals surface area contributed by atoms with Gasteiger partial charge in [0.25, 0.3) is 0 Å². The molecule has 21 heavy (non-hydrogen) atoms. The smallest absolute Gasteiger partial charge is 0.165 e. The molecule has 0 N–H and O–H groups in total. The summed E-state index contributed by atoms with van der Waals surface area (Å²) in [4.78, 5) is 9.41. The fraction of sp³-hybridized carbons (Fsp3) is 0.375. The predicted octanol–water partition coefficient (Wildman–Crippen LogP) is 4.17. The first kappa shape index (κ1) is 13.3. The SMILES string of the molecule is c1csc(-n2c(CC3CCCSC3)nc3cccnc32)c1. The minimum Gasteiger partial charge on any atom is -0.271 e. The number of imidazole rings is 1. The van der Waals surface area contributed by atoms with Gasteiger partial charge >= 0.3 is 0 Å². The molecule has 1 aliphatic heterocycles. The van der Waals surface area contributed by atoms with Gasteiger partial charge in [0.05, 0.1) is 0 Å². The van der Waals surface area contributed by atoms with E-state index >= 15 is 0 Å². The second-order valence-electron chi connectivity index (χ2n) is 5.45. The number of thiophene rings is 1. The van der Waals surface area contributed by atoms with Crippen molar-refractivity contribution < 1.29 is 0 Å². The number of pyridine rings is 1. The average molecular weight is 315 g/mol. The van der Waals surface area contributed by atoms with Crippen LogP contribution in [0.25, 0.3) is 16.2 Å². The number of rotatable bonds is 3. The molecular formula is C16H17N3S2. The minimum absolute atomic E-state index is 0.749. The highest BCUT2D eigenvalue weighted by molar-refractivity contribution is 7.99. The van der Waals surface area contributed by atoms with Gasteiger partial charge in [-0.1, -0.05) is 0 Å². The van der Waals surface area contributed by atoms with E-state index in [1.54, 1.807) is 11.3 Å². The predicted molar refractivity (Wildman–Crippen MR) is 90.5 cm³/mol. The van der Waals surface area contributed by atoms with Crippen molar-refractivity contribution in [3.63, 3.8) is 0 Å². The second-order valence-corrected chi connectivity index (χ2v) is 7.52. The summed E-state index contributed by atoms with van der Waals surface area (Å²) in [6.07, 6.45) is 5.58. The zero-order valence-electron chi connectivity index (χ0n) is 11.7. The zero-order valence-corrected chi connectivity index (χ0v) is 13.4. The summed E-state index contributed by atoms with van der Waals surface area (Å²) in [5.74, 6) is 4.50. The van der Waals surface area contributed by atoms with Crippen molar-refractivity contribution in [2.24, 2.45) is 5.92 Å². The Kier molecular flexibility index (Phi) is 3.69. The largest absolute Gasteiger partial charge is 0.271 e. The van der Waals surface area contributed by atoms with Crippen molar-refractivity contribution in [3.8, 4) is 5.00 Å². The molecule has 0 radical (unpaired) electrons. The molecule has 3 aromatic heterocycles.